The van der Waals surface area contributed by atoms with E-state index in [9.17, 15) is 4.79 Å². The predicted molar refractivity (Wildman–Crippen MR) is 122 cm³/mol. The molecule has 1 aromatic carbocycles. The highest BCUT2D eigenvalue weighted by Gasteiger charge is 2.10. The molecule has 8 nitrogen and oxygen atoms in total. The molecule has 0 fully saturated rings. The number of hydrogen-bond donors (Lipinski definition) is 2. The van der Waals surface area contributed by atoms with Gasteiger partial charge >= 0.3 is 0 Å². The Morgan fingerprint density at radius 2 is 1.69 bits per heavy atom. The molecule has 1 amide bonds. The zero-order chi connectivity index (χ0) is 21.8. The maximum Gasteiger partial charge on any atom is 0.274 e. The van der Waals surface area contributed by atoms with Gasteiger partial charge in [-0.2, -0.15) is 0 Å². The molecular weight excluding hydrogens is 402 g/mol. The largest absolute Gasteiger partial charge is 0.324 e. The van der Waals surface area contributed by atoms with Crippen LogP contribution in [0.2, 0.25) is 0 Å². The molecule has 5 aromatic rings. The van der Waals surface area contributed by atoms with Crippen LogP contribution in [0.1, 0.15) is 10.5 Å². The van der Waals surface area contributed by atoms with Gasteiger partial charge < -0.3 is 10.6 Å². The SMILES string of the molecule is O=C(Nc1cccc(Nc2nccc(-c3cccnc3)n2)c1)c1ccc2cnccc2n1. The van der Waals surface area contributed by atoms with Crippen molar-refractivity contribution in [2.75, 3.05) is 10.6 Å². The summed E-state index contributed by atoms with van der Waals surface area (Å²) in [6.45, 7) is 0. The lowest BCUT2D eigenvalue weighted by atomic mass is 10.2. The van der Waals surface area contributed by atoms with Crippen LogP contribution < -0.4 is 10.6 Å². The van der Waals surface area contributed by atoms with E-state index in [-0.39, 0.29) is 5.91 Å². The smallest absolute Gasteiger partial charge is 0.274 e. The summed E-state index contributed by atoms with van der Waals surface area (Å²) < 4.78 is 0. The van der Waals surface area contributed by atoms with Gasteiger partial charge in [-0.3, -0.25) is 14.8 Å². The van der Waals surface area contributed by atoms with Crippen molar-refractivity contribution in [2.24, 2.45) is 0 Å². The van der Waals surface area contributed by atoms with Crippen molar-refractivity contribution in [3.05, 3.63) is 97.3 Å². The van der Waals surface area contributed by atoms with Crippen molar-refractivity contribution in [2.45, 2.75) is 0 Å². The van der Waals surface area contributed by atoms with Crippen LogP contribution in [0.15, 0.2) is 91.6 Å². The van der Waals surface area contributed by atoms with Crippen LogP contribution in [0.3, 0.4) is 0 Å². The van der Waals surface area contributed by atoms with Gasteiger partial charge in [-0.15, -0.1) is 0 Å². The normalized spacial score (nSPS) is 10.6. The van der Waals surface area contributed by atoms with Crippen molar-refractivity contribution in [1.82, 2.24) is 24.9 Å². The highest BCUT2D eigenvalue weighted by atomic mass is 16.1. The Balaban J connectivity index is 1.33. The number of pyridine rings is 3. The molecule has 0 spiro atoms. The van der Waals surface area contributed by atoms with E-state index in [0.29, 0.717) is 22.8 Å². The topological polar surface area (TPSA) is 106 Å². The fraction of sp³-hybridized carbons (Fsp3) is 0. The van der Waals surface area contributed by atoms with Gasteiger partial charge in [0.25, 0.3) is 5.91 Å². The second-order valence-electron chi connectivity index (χ2n) is 6.93. The van der Waals surface area contributed by atoms with Crippen LogP contribution in [0.25, 0.3) is 22.2 Å². The Kier molecular flexibility index (Phi) is 5.15. The lowest BCUT2D eigenvalue weighted by molar-refractivity contribution is 0.102. The molecule has 0 aliphatic carbocycles. The van der Waals surface area contributed by atoms with Gasteiger partial charge in [-0.25, -0.2) is 15.0 Å². The van der Waals surface area contributed by atoms with E-state index in [2.05, 4.69) is 35.6 Å². The molecule has 4 aromatic heterocycles. The molecule has 0 atom stereocenters. The highest BCUT2D eigenvalue weighted by molar-refractivity contribution is 6.04. The second-order valence-corrected chi connectivity index (χ2v) is 6.93. The number of anilines is 3. The number of fused-ring (bicyclic) bond motifs is 1. The molecule has 154 valence electrons. The highest BCUT2D eigenvalue weighted by Crippen LogP contribution is 2.21. The molecule has 0 unspecified atom stereocenters. The number of amides is 1. The van der Waals surface area contributed by atoms with Crippen LogP contribution in [0.5, 0.6) is 0 Å². The van der Waals surface area contributed by atoms with Crippen LogP contribution >= 0.6 is 0 Å². The van der Waals surface area contributed by atoms with Gasteiger partial charge in [-0.05, 0) is 54.6 Å². The maximum atomic E-state index is 12.7. The van der Waals surface area contributed by atoms with Crippen LogP contribution in [0.4, 0.5) is 17.3 Å². The molecule has 4 heterocycles. The number of benzene rings is 1. The Hall–Kier alpha value is -4.72. The van der Waals surface area contributed by atoms with Crippen molar-refractivity contribution >= 4 is 34.1 Å². The summed E-state index contributed by atoms with van der Waals surface area (Å²) in [6, 6.07) is 18.2. The minimum Gasteiger partial charge on any atom is -0.324 e. The second kappa shape index (κ2) is 8.57. The van der Waals surface area contributed by atoms with E-state index in [1.807, 2.05) is 42.5 Å². The van der Waals surface area contributed by atoms with Crippen molar-refractivity contribution < 1.29 is 4.79 Å². The van der Waals surface area contributed by atoms with Gasteiger partial charge in [0.15, 0.2) is 0 Å². The first kappa shape index (κ1) is 19.3. The number of carbonyl (C=O) groups is 1. The average Bonchev–Trinajstić information content (AvgIpc) is 2.85. The minimum atomic E-state index is -0.296. The van der Waals surface area contributed by atoms with Crippen LogP contribution in [-0.4, -0.2) is 30.8 Å². The minimum absolute atomic E-state index is 0.296. The summed E-state index contributed by atoms with van der Waals surface area (Å²) in [5.74, 6) is 0.148. The molecule has 0 bridgehead atoms. The van der Waals surface area contributed by atoms with E-state index in [4.69, 9.17) is 0 Å². The molecule has 0 radical (unpaired) electrons. The molecule has 8 heteroatoms. The van der Waals surface area contributed by atoms with Crippen molar-refractivity contribution in [3.63, 3.8) is 0 Å². The number of carbonyl (C=O) groups excluding carboxylic acids is 1. The fourth-order valence-corrected chi connectivity index (χ4v) is 3.18. The summed E-state index contributed by atoms with van der Waals surface area (Å²) in [5, 5.41) is 6.93. The Morgan fingerprint density at radius 3 is 2.59 bits per heavy atom. The number of aromatic nitrogens is 5. The standard InChI is InChI=1S/C24H17N7O/c32-23(22-7-6-17-15-26-11-8-20(17)30-22)28-18-4-1-5-19(13-18)29-24-27-12-9-21(31-24)16-3-2-10-25-14-16/h1-15H,(H,28,32)(H,27,29,31). The van der Waals surface area contributed by atoms with Crippen molar-refractivity contribution in [3.8, 4) is 11.3 Å². The number of nitrogens with one attached hydrogen (secondary N) is 2. The average molecular weight is 419 g/mol. The van der Waals surface area contributed by atoms with E-state index in [1.165, 1.54) is 0 Å². The number of rotatable bonds is 5. The lowest BCUT2D eigenvalue weighted by Gasteiger charge is -2.09. The quantitative estimate of drug-likeness (QED) is 0.433. The zero-order valence-electron chi connectivity index (χ0n) is 16.8. The monoisotopic (exact) mass is 419 g/mol. The third-order valence-electron chi connectivity index (χ3n) is 4.71. The summed E-state index contributed by atoms with van der Waals surface area (Å²) in [7, 11) is 0. The molecule has 5 rings (SSSR count). The Bertz CT molecular complexity index is 1410. The molecule has 32 heavy (non-hydrogen) atoms. The summed E-state index contributed by atoms with van der Waals surface area (Å²) in [5.41, 5.74) is 4.07. The van der Waals surface area contributed by atoms with Gasteiger partial charge in [0.1, 0.15) is 5.69 Å². The number of nitrogens with zero attached hydrogens (tertiary/aromatic N) is 5. The first-order chi connectivity index (χ1) is 15.7. The van der Waals surface area contributed by atoms with E-state index in [0.717, 1.165) is 22.3 Å². The first-order valence-corrected chi connectivity index (χ1v) is 9.87. The summed E-state index contributed by atoms with van der Waals surface area (Å²) in [4.78, 5) is 34.1. The van der Waals surface area contributed by atoms with Crippen LogP contribution in [-0.2, 0) is 0 Å². The molecular formula is C24H17N7O. The fourth-order valence-electron chi connectivity index (χ4n) is 3.18. The Morgan fingerprint density at radius 1 is 0.781 bits per heavy atom. The molecule has 0 saturated heterocycles. The molecule has 0 saturated carbocycles. The maximum absolute atomic E-state index is 12.7. The molecule has 0 aliphatic heterocycles. The predicted octanol–water partition coefficient (Wildman–Crippen LogP) is 4.48. The van der Waals surface area contributed by atoms with Gasteiger partial charge in [-0.1, -0.05) is 6.07 Å². The Labute approximate surface area is 183 Å². The third-order valence-corrected chi connectivity index (χ3v) is 4.71. The summed E-state index contributed by atoms with van der Waals surface area (Å²) in [6.07, 6.45) is 8.51. The van der Waals surface area contributed by atoms with Gasteiger partial charge in [0.2, 0.25) is 5.95 Å². The summed E-state index contributed by atoms with van der Waals surface area (Å²) >= 11 is 0. The third kappa shape index (κ3) is 4.24. The lowest BCUT2D eigenvalue weighted by Crippen LogP contribution is -2.13. The van der Waals surface area contributed by atoms with Crippen LogP contribution in [0, 0.1) is 0 Å². The number of hydrogen-bond acceptors (Lipinski definition) is 7. The van der Waals surface area contributed by atoms with Gasteiger partial charge in [0.05, 0.1) is 11.2 Å². The van der Waals surface area contributed by atoms with Crippen molar-refractivity contribution in [1.29, 1.82) is 0 Å². The molecule has 0 aliphatic rings. The molecule has 2 N–H and O–H groups in total. The van der Waals surface area contributed by atoms with E-state index < -0.39 is 0 Å². The zero-order valence-corrected chi connectivity index (χ0v) is 16.8. The van der Waals surface area contributed by atoms with E-state index in [1.54, 1.807) is 49.2 Å². The van der Waals surface area contributed by atoms with Gasteiger partial charge in [0, 0.05) is 53.3 Å². The first-order valence-electron chi connectivity index (χ1n) is 9.87. The van der Waals surface area contributed by atoms with E-state index >= 15 is 0 Å².